The Hall–Kier alpha value is -1.63. The Balaban J connectivity index is 4.80. The van der Waals surface area contributed by atoms with Gasteiger partial charge in [-0.2, -0.15) is 0 Å². The molecule has 7 heteroatoms. The first kappa shape index (κ1) is 21.4. The second-order valence-corrected chi connectivity index (χ2v) is 6.83. The molecular formula is C16H30N3O4. The smallest absolute Gasteiger partial charge is 0.408 e. The van der Waals surface area contributed by atoms with Crippen molar-refractivity contribution in [2.24, 2.45) is 11.7 Å². The van der Waals surface area contributed by atoms with Crippen molar-refractivity contribution >= 4 is 18.3 Å². The summed E-state index contributed by atoms with van der Waals surface area (Å²) in [5.41, 5.74) is 4.80. The van der Waals surface area contributed by atoms with E-state index in [1.807, 2.05) is 0 Å². The minimum Gasteiger partial charge on any atom is -0.444 e. The van der Waals surface area contributed by atoms with Crippen molar-refractivity contribution in [3.05, 3.63) is 0 Å². The maximum atomic E-state index is 12.3. The Bertz CT molecular complexity index is 391. The Labute approximate surface area is 138 Å². The third kappa shape index (κ3) is 9.89. The number of hydrogen-bond acceptors (Lipinski definition) is 5. The van der Waals surface area contributed by atoms with Gasteiger partial charge in [-0.3, -0.25) is 9.59 Å². The monoisotopic (exact) mass is 328 g/mol. The van der Waals surface area contributed by atoms with E-state index < -0.39 is 29.7 Å². The summed E-state index contributed by atoms with van der Waals surface area (Å²) in [5.74, 6) is -0.502. The standard InChI is InChI=1S/C16H30N3O4/c1-11(2)13(10-20)18-14(21)12(8-6-7-9-17)19-15(22)23-16(3,4)5/h11-13H,6-9,17H2,1-5H3,(H,18,21)(H,19,22)/t12-,13+/m0/s1. The number of rotatable bonds is 9. The molecule has 23 heavy (non-hydrogen) atoms. The highest BCUT2D eigenvalue weighted by molar-refractivity contribution is 5.87. The van der Waals surface area contributed by atoms with Crippen molar-refractivity contribution in [2.45, 2.75) is 71.6 Å². The van der Waals surface area contributed by atoms with E-state index in [2.05, 4.69) is 10.6 Å². The largest absolute Gasteiger partial charge is 0.444 e. The fourth-order valence-electron chi connectivity index (χ4n) is 1.80. The van der Waals surface area contributed by atoms with E-state index in [0.717, 1.165) is 6.42 Å². The van der Waals surface area contributed by atoms with Gasteiger partial charge in [0.05, 0.1) is 6.04 Å². The molecule has 0 spiro atoms. The average molecular weight is 328 g/mol. The molecule has 4 N–H and O–H groups in total. The van der Waals surface area contributed by atoms with Gasteiger partial charge in [0, 0.05) is 0 Å². The van der Waals surface area contributed by atoms with E-state index in [-0.39, 0.29) is 5.92 Å². The van der Waals surface area contributed by atoms with E-state index in [1.165, 1.54) is 0 Å². The van der Waals surface area contributed by atoms with Crippen LogP contribution in [0.4, 0.5) is 4.79 Å². The lowest BCUT2D eigenvalue weighted by Gasteiger charge is -2.24. The first-order valence-corrected chi connectivity index (χ1v) is 7.98. The molecular weight excluding hydrogens is 298 g/mol. The number of nitrogens with two attached hydrogens (primary N) is 1. The maximum absolute atomic E-state index is 12.3. The summed E-state index contributed by atoms with van der Waals surface area (Å²) in [4.78, 5) is 35.1. The third-order valence-electron chi connectivity index (χ3n) is 3.05. The van der Waals surface area contributed by atoms with Crippen molar-refractivity contribution in [3.8, 4) is 0 Å². The van der Waals surface area contributed by atoms with Crippen LogP contribution in [-0.4, -0.2) is 42.5 Å². The molecule has 0 unspecified atom stereocenters. The molecule has 0 aliphatic rings. The molecule has 0 aliphatic carbocycles. The molecule has 7 nitrogen and oxygen atoms in total. The molecule has 0 rings (SSSR count). The molecule has 0 aromatic heterocycles. The molecule has 133 valence electrons. The van der Waals surface area contributed by atoms with E-state index >= 15 is 0 Å². The van der Waals surface area contributed by atoms with Gasteiger partial charge < -0.3 is 21.1 Å². The molecule has 2 atom stereocenters. The zero-order valence-corrected chi connectivity index (χ0v) is 14.8. The summed E-state index contributed by atoms with van der Waals surface area (Å²) < 4.78 is 5.17. The van der Waals surface area contributed by atoms with Gasteiger partial charge in [0.2, 0.25) is 12.2 Å². The van der Waals surface area contributed by atoms with Crippen molar-refractivity contribution in [1.29, 1.82) is 0 Å². The van der Waals surface area contributed by atoms with Crippen molar-refractivity contribution in [1.82, 2.24) is 10.6 Å². The van der Waals surface area contributed by atoms with Crippen LogP contribution in [-0.2, 0) is 14.3 Å². The zero-order chi connectivity index (χ0) is 18.0. The second kappa shape index (κ2) is 10.2. The Kier molecular flexibility index (Phi) is 9.48. The van der Waals surface area contributed by atoms with Crippen LogP contribution < -0.4 is 16.4 Å². The van der Waals surface area contributed by atoms with Crippen LogP contribution in [0, 0.1) is 5.92 Å². The van der Waals surface area contributed by atoms with E-state index in [0.29, 0.717) is 19.4 Å². The van der Waals surface area contributed by atoms with Gasteiger partial charge in [0.25, 0.3) is 0 Å². The second-order valence-electron chi connectivity index (χ2n) is 6.83. The summed E-state index contributed by atoms with van der Waals surface area (Å²) >= 11 is 0. The van der Waals surface area contributed by atoms with Crippen LogP contribution in [0.2, 0.25) is 0 Å². The van der Waals surface area contributed by atoms with Gasteiger partial charge in [-0.1, -0.05) is 13.8 Å². The molecule has 0 aliphatic heterocycles. The van der Waals surface area contributed by atoms with Gasteiger partial charge in [0.15, 0.2) is 0 Å². The molecule has 0 aromatic rings. The molecule has 0 saturated carbocycles. The number of nitrogens with one attached hydrogen (secondary N) is 2. The molecule has 0 saturated heterocycles. The Morgan fingerprint density at radius 3 is 2.22 bits per heavy atom. The number of carbonyl (C=O) groups excluding carboxylic acids is 3. The van der Waals surface area contributed by atoms with Gasteiger partial charge in [-0.05, 0) is 52.5 Å². The van der Waals surface area contributed by atoms with Crippen molar-refractivity contribution < 1.29 is 19.1 Å². The van der Waals surface area contributed by atoms with Gasteiger partial charge >= 0.3 is 6.09 Å². The van der Waals surface area contributed by atoms with Crippen LogP contribution in [0.15, 0.2) is 0 Å². The van der Waals surface area contributed by atoms with E-state index in [9.17, 15) is 14.4 Å². The number of ether oxygens (including phenoxy) is 1. The fraction of sp³-hybridized carbons (Fsp3) is 0.812. The third-order valence-corrected chi connectivity index (χ3v) is 3.05. The Morgan fingerprint density at radius 1 is 1.17 bits per heavy atom. The van der Waals surface area contributed by atoms with E-state index in [1.54, 1.807) is 40.9 Å². The number of unbranched alkanes of at least 4 members (excludes halogenated alkanes) is 1. The van der Waals surface area contributed by atoms with Gasteiger partial charge in [0.1, 0.15) is 11.6 Å². The van der Waals surface area contributed by atoms with Crippen molar-refractivity contribution in [2.75, 3.05) is 6.54 Å². The normalized spacial score (nSPS) is 14.0. The number of alkyl carbamates (subject to hydrolysis) is 1. The topological polar surface area (TPSA) is 111 Å². The molecule has 0 fully saturated rings. The highest BCUT2D eigenvalue weighted by atomic mass is 16.6. The molecule has 0 bridgehead atoms. The van der Waals surface area contributed by atoms with Gasteiger partial charge in [-0.15, -0.1) is 0 Å². The van der Waals surface area contributed by atoms with Crippen LogP contribution in [0.3, 0.4) is 0 Å². The number of carbonyl (C=O) groups is 2. The highest BCUT2D eigenvalue weighted by Crippen LogP contribution is 2.09. The van der Waals surface area contributed by atoms with Crippen molar-refractivity contribution in [3.63, 3.8) is 0 Å². The minimum atomic E-state index is -0.772. The highest BCUT2D eigenvalue weighted by Gasteiger charge is 2.26. The molecule has 1 radical (unpaired) electrons. The average Bonchev–Trinajstić information content (AvgIpc) is 2.41. The lowest BCUT2D eigenvalue weighted by atomic mass is 10.0. The summed E-state index contributed by atoms with van der Waals surface area (Å²) in [6.07, 6.45) is 2.98. The van der Waals surface area contributed by atoms with Crippen LogP contribution in [0.25, 0.3) is 0 Å². The molecule has 0 aromatic carbocycles. The first-order valence-electron chi connectivity index (χ1n) is 7.98. The van der Waals surface area contributed by atoms with Crippen LogP contribution in [0.1, 0.15) is 53.9 Å². The van der Waals surface area contributed by atoms with Gasteiger partial charge in [-0.25, -0.2) is 4.79 Å². The Morgan fingerprint density at radius 2 is 1.78 bits per heavy atom. The molecule has 2 amide bonds. The summed E-state index contributed by atoms with van der Waals surface area (Å²) in [6.45, 7) is 9.35. The predicted octanol–water partition coefficient (Wildman–Crippen LogP) is 1.26. The summed E-state index contributed by atoms with van der Waals surface area (Å²) in [5, 5.41) is 5.15. The zero-order valence-electron chi connectivity index (χ0n) is 14.8. The lowest BCUT2D eigenvalue weighted by molar-refractivity contribution is -0.124. The van der Waals surface area contributed by atoms with E-state index in [4.69, 9.17) is 10.5 Å². The summed E-state index contributed by atoms with van der Waals surface area (Å²) in [6, 6.07) is -1.48. The number of hydrogen-bond donors (Lipinski definition) is 3. The van der Waals surface area contributed by atoms with Crippen LogP contribution in [0.5, 0.6) is 0 Å². The maximum Gasteiger partial charge on any atom is 0.408 e. The summed E-state index contributed by atoms with van der Waals surface area (Å²) in [7, 11) is 0. The SMILES string of the molecule is CC(C)[C@@H]([C]=O)NC(=O)[C@H](CCCCN)NC(=O)OC(C)(C)C. The molecule has 0 heterocycles. The fourth-order valence-corrected chi connectivity index (χ4v) is 1.80. The predicted molar refractivity (Wildman–Crippen MR) is 88.5 cm³/mol. The lowest BCUT2D eigenvalue weighted by Crippen LogP contribution is -2.52. The minimum absolute atomic E-state index is 0.0809. The van der Waals surface area contributed by atoms with Crippen LogP contribution >= 0.6 is 0 Å². The number of amides is 2. The first-order chi connectivity index (χ1) is 10.6. The quantitative estimate of drug-likeness (QED) is 0.552.